The fourth-order valence-electron chi connectivity index (χ4n) is 1.09. The summed E-state index contributed by atoms with van der Waals surface area (Å²) in [6.45, 7) is 1.52. The first-order valence-corrected chi connectivity index (χ1v) is 6.13. The minimum absolute atomic E-state index is 0.00248. The number of thiophene rings is 1. The van der Waals surface area contributed by atoms with Crippen molar-refractivity contribution in [2.45, 2.75) is 16.0 Å². The Balaban J connectivity index is 2.14. The second-order valence-electron chi connectivity index (χ2n) is 2.97. The van der Waals surface area contributed by atoms with Crippen LogP contribution in [0.25, 0.3) is 0 Å². The van der Waals surface area contributed by atoms with E-state index in [1.165, 1.54) is 11.1 Å². The molecule has 2 rings (SSSR count). The van der Waals surface area contributed by atoms with E-state index in [-0.39, 0.29) is 5.78 Å². The summed E-state index contributed by atoms with van der Waals surface area (Å²) in [5.74, 6) is 0.00248. The van der Waals surface area contributed by atoms with Gasteiger partial charge in [-0.05, 0) is 23.6 Å². The Morgan fingerprint density at radius 3 is 2.80 bits per heavy atom. The quantitative estimate of drug-likeness (QED) is 0.763. The third-order valence-electron chi connectivity index (χ3n) is 1.81. The van der Waals surface area contributed by atoms with Gasteiger partial charge in [0, 0.05) is 18.0 Å². The summed E-state index contributed by atoms with van der Waals surface area (Å²) in [6.07, 6.45) is 1.74. The number of ketones is 1. The van der Waals surface area contributed by atoms with E-state index in [1.54, 1.807) is 35.4 Å². The van der Waals surface area contributed by atoms with Gasteiger partial charge in [-0.15, -0.1) is 11.3 Å². The summed E-state index contributed by atoms with van der Waals surface area (Å²) in [5, 5.41) is 2.04. The van der Waals surface area contributed by atoms with Crippen LogP contribution in [0.15, 0.2) is 44.9 Å². The third-order valence-corrected chi connectivity index (χ3v) is 3.83. The molecule has 2 aromatic heterocycles. The van der Waals surface area contributed by atoms with E-state index in [0.29, 0.717) is 5.69 Å². The molecule has 0 spiro atoms. The maximum atomic E-state index is 11.0. The molecule has 2 aromatic rings. The van der Waals surface area contributed by atoms with Crippen molar-refractivity contribution < 1.29 is 4.79 Å². The minimum Gasteiger partial charge on any atom is -0.293 e. The number of carbonyl (C=O) groups is 1. The predicted octanol–water partition coefficient (Wildman–Crippen LogP) is 3.50. The molecule has 0 fully saturated rings. The predicted molar refractivity (Wildman–Crippen MR) is 62.7 cm³/mol. The molecule has 0 unspecified atom stereocenters. The van der Waals surface area contributed by atoms with Gasteiger partial charge in [0.2, 0.25) is 0 Å². The molecular formula is C11H9NOS2. The molecule has 0 N–H and O–H groups in total. The van der Waals surface area contributed by atoms with Gasteiger partial charge >= 0.3 is 0 Å². The zero-order chi connectivity index (χ0) is 10.7. The molecule has 0 bridgehead atoms. The van der Waals surface area contributed by atoms with Crippen molar-refractivity contribution in [1.82, 2.24) is 4.98 Å². The van der Waals surface area contributed by atoms with Crippen LogP contribution < -0.4 is 0 Å². The second-order valence-corrected chi connectivity index (χ2v) is 5.29. The second kappa shape index (κ2) is 4.59. The molecule has 0 atom stereocenters. The maximum absolute atomic E-state index is 11.0. The number of nitrogens with zero attached hydrogens (tertiary/aromatic N) is 1. The average Bonchev–Trinajstić information content (AvgIpc) is 2.71. The molecule has 15 heavy (non-hydrogen) atoms. The van der Waals surface area contributed by atoms with Crippen molar-refractivity contribution in [3.63, 3.8) is 0 Å². The summed E-state index contributed by atoms with van der Waals surface area (Å²) < 4.78 is 1.23. The smallest absolute Gasteiger partial charge is 0.178 e. The molecule has 2 heterocycles. The first-order chi connectivity index (χ1) is 7.25. The highest BCUT2D eigenvalue weighted by molar-refractivity contribution is 8.01. The van der Waals surface area contributed by atoms with Gasteiger partial charge < -0.3 is 0 Å². The summed E-state index contributed by atoms with van der Waals surface area (Å²) >= 11 is 3.36. The first kappa shape index (κ1) is 10.4. The first-order valence-electron chi connectivity index (χ1n) is 4.44. The SMILES string of the molecule is CC(=O)c1ccc(Sc2cccs2)cn1. The van der Waals surface area contributed by atoms with Crippen LogP contribution in [0.1, 0.15) is 17.4 Å². The van der Waals surface area contributed by atoms with Crippen LogP contribution in [0.4, 0.5) is 0 Å². The average molecular weight is 235 g/mol. The van der Waals surface area contributed by atoms with Gasteiger partial charge in [0.1, 0.15) is 5.69 Å². The van der Waals surface area contributed by atoms with Crippen molar-refractivity contribution in [2.75, 3.05) is 0 Å². The molecule has 2 nitrogen and oxygen atoms in total. The molecule has 0 aliphatic carbocycles. The highest BCUT2D eigenvalue weighted by atomic mass is 32.2. The van der Waals surface area contributed by atoms with Gasteiger partial charge in [0.15, 0.2) is 5.78 Å². The van der Waals surface area contributed by atoms with Crippen molar-refractivity contribution >= 4 is 28.9 Å². The Morgan fingerprint density at radius 1 is 1.40 bits per heavy atom. The number of aromatic nitrogens is 1. The summed E-state index contributed by atoms with van der Waals surface area (Å²) in [5.41, 5.74) is 0.519. The van der Waals surface area contributed by atoms with Gasteiger partial charge in [-0.25, -0.2) is 0 Å². The van der Waals surface area contributed by atoms with Crippen molar-refractivity contribution in [1.29, 1.82) is 0 Å². The molecule has 0 aromatic carbocycles. The Bertz CT molecular complexity index is 448. The van der Waals surface area contributed by atoms with Gasteiger partial charge in [-0.1, -0.05) is 17.8 Å². The Hall–Kier alpha value is -1.13. The van der Waals surface area contributed by atoms with Crippen LogP contribution in [-0.4, -0.2) is 10.8 Å². The highest BCUT2D eigenvalue weighted by Crippen LogP contribution is 2.30. The fraction of sp³-hybridized carbons (Fsp3) is 0.0909. The van der Waals surface area contributed by atoms with E-state index < -0.39 is 0 Å². The maximum Gasteiger partial charge on any atom is 0.178 e. The molecule has 0 radical (unpaired) electrons. The number of rotatable bonds is 3. The van der Waals surface area contributed by atoms with Crippen LogP contribution in [0.3, 0.4) is 0 Å². The Labute approximate surface area is 96.4 Å². The van der Waals surface area contributed by atoms with E-state index in [1.807, 2.05) is 17.5 Å². The van der Waals surface area contributed by atoms with E-state index >= 15 is 0 Å². The summed E-state index contributed by atoms with van der Waals surface area (Å²) in [4.78, 5) is 16.2. The van der Waals surface area contributed by atoms with E-state index in [4.69, 9.17) is 0 Å². The summed E-state index contributed by atoms with van der Waals surface area (Å²) in [6, 6.07) is 7.77. The molecule has 0 amide bonds. The molecule has 4 heteroatoms. The number of hydrogen-bond donors (Lipinski definition) is 0. The molecule has 0 aliphatic rings. The van der Waals surface area contributed by atoms with E-state index in [0.717, 1.165) is 4.90 Å². The highest BCUT2D eigenvalue weighted by Gasteiger charge is 2.02. The number of hydrogen-bond acceptors (Lipinski definition) is 4. The molecular weight excluding hydrogens is 226 g/mol. The van der Waals surface area contributed by atoms with Gasteiger partial charge in [-0.2, -0.15) is 0 Å². The van der Waals surface area contributed by atoms with Crippen LogP contribution in [0.2, 0.25) is 0 Å². The molecule has 0 saturated carbocycles. The van der Waals surface area contributed by atoms with Crippen LogP contribution in [0, 0.1) is 0 Å². The van der Waals surface area contributed by atoms with Crippen molar-refractivity contribution in [3.8, 4) is 0 Å². The largest absolute Gasteiger partial charge is 0.293 e. The lowest BCUT2D eigenvalue weighted by Crippen LogP contribution is -1.94. The Morgan fingerprint density at radius 2 is 2.27 bits per heavy atom. The van der Waals surface area contributed by atoms with Gasteiger partial charge in [-0.3, -0.25) is 9.78 Å². The monoisotopic (exact) mass is 235 g/mol. The molecule has 0 aliphatic heterocycles. The number of pyridine rings is 1. The Kier molecular flexibility index (Phi) is 3.18. The lowest BCUT2D eigenvalue weighted by molar-refractivity contribution is 0.101. The topological polar surface area (TPSA) is 30.0 Å². The van der Waals surface area contributed by atoms with Crippen LogP contribution >= 0.6 is 23.1 Å². The lowest BCUT2D eigenvalue weighted by atomic mass is 10.3. The van der Waals surface area contributed by atoms with Crippen molar-refractivity contribution in [2.24, 2.45) is 0 Å². The zero-order valence-corrected chi connectivity index (χ0v) is 9.77. The standard InChI is InChI=1S/C11H9NOS2/c1-8(13)10-5-4-9(7-12-10)15-11-3-2-6-14-11/h2-7H,1H3. The van der Waals surface area contributed by atoms with E-state index in [2.05, 4.69) is 11.1 Å². The van der Waals surface area contributed by atoms with E-state index in [9.17, 15) is 4.79 Å². The lowest BCUT2D eigenvalue weighted by Gasteiger charge is -1.98. The van der Waals surface area contributed by atoms with Crippen LogP contribution in [-0.2, 0) is 0 Å². The molecule has 76 valence electrons. The van der Waals surface area contributed by atoms with Gasteiger partial charge in [0.05, 0.1) is 4.21 Å². The van der Waals surface area contributed by atoms with Crippen LogP contribution in [0.5, 0.6) is 0 Å². The fourth-order valence-corrected chi connectivity index (χ4v) is 2.80. The minimum atomic E-state index is 0.00248. The summed E-state index contributed by atoms with van der Waals surface area (Å²) in [7, 11) is 0. The zero-order valence-electron chi connectivity index (χ0n) is 8.14. The molecule has 0 saturated heterocycles. The third kappa shape index (κ3) is 2.67. The number of carbonyl (C=O) groups excluding carboxylic acids is 1. The van der Waals surface area contributed by atoms with Crippen molar-refractivity contribution in [3.05, 3.63) is 41.5 Å². The van der Waals surface area contributed by atoms with Gasteiger partial charge in [0.25, 0.3) is 0 Å². The number of Topliss-reactive ketones (excluding diaryl/α,β-unsaturated/α-hetero) is 1. The normalized spacial score (nSPS) is 10.2.